The summed E-state index contributed by atoms with van der Waals surface area (Å²) in [6, 6.07) is 7.68. The summed E-state index contributed by atoms with van der Waals surface area (Å²) < 4.78 is 5.57. The Kier molecular flexibility index (Phi) is 4.30. The molecule has 0 saturated carbocycles. The van der Waals surface area contributed by atoms with E-state index in [0.29, 0.717) is 13.0 Å². The van der Waals surface area contributed by atoms with Crippen LogP contribution in [0.25, 0.3) is 10.9 Å². The Hall–Kier alpha value is -2.14. The zero-order valence-corrected chi connectivity index (χ0v) is 10.7. The van der Waals surface area contributed by atoms with Crippen LogP contribution in [0.5, 0.6) is 5.75 Å². The van der Waals surface area contributed by atoms with Crippen LogP contribution in [0.2, 0.25) is 0 Å². The summed E-state index contributed by atoms with van der Waals surface area (Å²) in [5.41, 5.74) is 3.68. The Labute approximate surface area is 111 Å². The van der Waals surface area contributed by atoms with Gasteiger partial charge in [-0.2, -0.15) is 0 Å². The van der Waals surface area contributed by atoms with Crippen LogP contribution in [0.15, 0.2) is 30.5 Å². The number of hydrogen-bond donors (Lipinski definition) is 2. The van der Waals surface area contributed by atoms with E-state index in [9.17, 15) is 4.79 Å². The minimum Gasteiger partial charge on any atom is -0.494 e. The van der Waals surface area contributed by atoms with E-state index in [1.807, 2.05) is 31.2 Å². The summed E-state index contributed by atoms with van der Waals surface area (Å²) in [5, 5.41) is 9.42. The van der Waals surface area contributed by atoms with Gasteiger partial charge in [0.1, 0.15) is 5.75 Å². The second-order valence-corrected chi connectivity index (χ2v) is 4.29. The first-order chi connectivity index (χ1) is 9.20. The molecule has 0 fully saturated rings. The smallest absolute Gasteiger partial charge is 0.243 e. The fraction of sp³-hybridized carbons (Fsp3) is 0.286. The Balaban J connectivity index is 1.98. The highest BCUT2D eigenvalue weighted by molar-refractivity contribution is 5.83. The van der Waals surface area contributed by atoms with Gasteiger partial charge in [-0.1, -0.05) is 0 Å². The number of hydrogen-bond acceptors (Lipinski definition) is 4. The molecule has 0 spiro atoms. The van der Waals surface area contributed by atoms with Gasteiger partial charge in [0, 0.05) is 18.0 Å². The minimum absolute atomic E-state index is 0.241. The average molecular weight is 260 g/mol. The average Bonchev–Trinajstić information content (AvgIpc) is 2.44. The number of carbonyl (C=O) groups excluding carboxylic acids is 1. The van der Waals surface area contributed by atoms with Crippen molar-refractivity contribution in [3.63, 3.8) is 0 Å². The molecule has 0 saturated heterocycles. The van der Waals surface area contributed by atoms with Crippen molar-refractivity contribution in [1.82, 2.24) is 10.5 Å². The minimum atomic E-state index is -0.401. The molecule has 0 aliphatic rings. The molecule has 0 aliphatic carbocycles. The lowest BCUT2D eigenvalue weighted by Gasteiger charge is -2.07. The molecule has 1 aromatic heterocycles. The highest BCUT2D eigenvalue weighted by Gasteiger charge is 2.02. The Morgan fingerprint density at radius 3 is 3.05 bits per heavy atom. The van der Waals surface area contributed by atoms with Crippen LogP contribution in [0.3, 0.4) is 0 Å². The first-order valence-corrected chi connectivity index (χ1v) is 6.12. The predicted octanol–water partition coefficient (Wildman–Crippen LogP) is 2.21. The maximum Gasteiger partial charge on any atom is 0.243 e. The van der Waals surface area contributed by atoms with Gasteiger partial charge in [0.05, 0.1) is 12.1 Å². The molecular weight excluding hydrogens is 244 g/mol. The first-order valence-electron chi connectivity index (χ1n) is 6.12. The second kappa shape index (κ2) is 6.15. The van der Waals surface area contributed by atoms with E-state index in [2.05, 4.69) is 4.98 Å². The molecule has 5 nitrogen and oxygen atoms in total. The topological polar surface area (TPSA) is 71.5 Å². The van der Waals surface area contributed by atoms with Gasteiger partial charge < -0.3 is 4.74 Å². The number of hydroxylamine groups is 1. The summed E-state index contributed by atoms with van der Waals surface area (Å²) in [6.45, 7) is 2.46. The third kappa shape index (κ3) is 3.42. The molecule has 2 rings (SSSR count). The van der Waals surface area contributed by atoms with Crippen LogP contribution >= 0.6 is 0 Å². The summed E-state index contributed by atoms with van der Waals surface area (Å²) in [7, 11) is 0. The van der Waals surface area contributed by atoms with Crippen LogP contribution in [0, 0.1) is 6.92 Å². The summed E-state index contributed by atoms with van der Waals surface area (Å²) in [5.74, 6) is 0.357. The molecule has 0 radical (unpaired) electrons. The highest BCUT2D eigenvalue weighted by Crippen LogP contribution is 2.22. The largest absolute Gasteiger partial charge is 0.494 e. The van der Waals surface area contributed by atoms with E-state index in [-0.39, 0.29) is 6.42 Å². The number of ether oxygens (including phenoxy) is 1. The lowest BCUT2D eigenvalue weighted by Crippen LogP contribution is -2.18. The van der Waals surface area contributed by atoms with Crippen molar-refractivity contribution in [2.24, 2.45) is 0 Å². The number of aromatic nitrogens is 1. The predicted molar refractivity (Wildman–Crippen MR) is 71.1 cm³/mol. The molecule has 19 heavy (non-hydrogen) atoms. The summed E-state index contributed by atoms with van der Waals surface area (Å²) in [6.07, 6.45) is 2.58. The zero-order chi connectivity index (χ0) is 13.7. The molecule has 0 aliphatic heterocycles. The Bertz CT molecular complexity index is 584. The molecule has 2 aromatic rings. The second-order valence-electron chi connectivity index (χ2n) is 4.29. The van der Waals surface area contributed by atoms with E-state index in [1.54, 1.807) is 11.7 Å². The molecule has 0 atom stereocenters. The van der Waals surface area contributed by atoms with Gasteiger partial charge >= 0.3 is 0 Å². The molecule has 0 bridgehead atoms. The van der Waals surface area contributed by atoms with Gasteiger partial charge in [0.15, 0.2) is 0 Å². The van der Waals surface area contributed by atoms with Crippen LogP contribution in [0.1, 0.15) is 18.4 Å². The third-order valence-electron chi connectivity index (χ3n) is 2.87. The SMILES string of the molecule is Cc1ccnc2ccc(OCCCC(=O)NO)cc12. The molecule has 2 N–H and O–H groups in total. The van der Waals surface area contributed by atoms with Crippen LogP contribution in [-0.2, 0) is 4.79 Å². The van der Waals surface area contributed by atoms with Crippen molar-refractivity contribution in [3.05, 3.63) is 36.0 Å². The van der Waals surface area contributed by atoms with Crippen molar-refractivity contribution < 1.29 is 14.7 Å². The van der Waals surface area contributed by atoms with Crippen molar-refractivity contribution in [2.45, 2.75) is 19.8 Å². The molecular formula is C14H16N2O3. The third-order valence-corrected chi connectivity index (χ3v) is 2.87. The number of nitrogens with zero attached hydrogens (tertiary/aromatic N) is 1. The van der Waals surface area contributed by atoms with Gasteiger partial charge in [0.2, 0.25) is 5.91 Å². The van der Waals surface area contributed by atoms with Crippen molar-refractivity contribution in [1.29, 1.82) is 0 Å². The fourth-order valence-corrected chi connectivity index (χ4v) is 1.83. The summed E-state index contributed by atoms with van der Waals surface area (Å²) in [4.78, 5) is 15.1. The van der Waals surface area contributed by atoms with Crippen molar-refractivity contribution >= 4 is 16.8 Å². The number of fused-ring (bicyclic) bond motifs is 1. The van der Waals surface area contributed by atoms with Gasteiger partial charge in [-0.15, -0.1) is 0 Å². The molecule has 100 valence electrons. The number of aryl methyl sites for hydroxylation is 1. The lowest BCUT2D eigenvalue weighted by molar-refractivity contribution is -0.129. The van der Waals surface area contributed by atoms with E-state index in [1.165, 1.54) is 0 Å². The van der Waals surface area contributed by atoms with Crippen LogP contribution in [-0.4, -0.2) is 22.7 Å². The van der Waals surface area contributed by atoms with Crippen molar-refractivity contribution in [3.8, 4) is 5.75 Å². The van der Waals surface area contributed by atoms with Gasteiger partial charge in [-0.05, 0) is 43.2 Å². The monoisotopic (exact) mass is 260 g/mol. The fourth-order valence-electron chi connectivity index (χ4n) is 1.83. The van der Waals surface area contributed by atoms with Crippen LogP contribution in [0.4, 0.5) is 0 Å². The lowest BCUT2D eigenvalue weighted by atomic mass is 10.1. The Morgan fingerprint density at radius 2 is 2.26 bits per heavy atom. The summed E-state index contributed by atoms with van der Waals surface area (Å²) >= 11 is 0. The highest BCUT2D eigenvalue weighted by atomic mass is 16.5. The van der Waals surface area contributed by atoms with Gasteiger partial charge in [-0.3, -0.25) is 15.0 Å². The molecule has 1 amide bonds. The van der Waals surface area contributed by atoms with E-state index >= 15 is 0 Å². The maximum atomic E-state index is 10.8. The standard InChI is InChI=1S/C14H16N2O3/c1-10-6-7-15-13-5-4-11(9-12(10)13)19-8-2-3-14(17)16-18/h4-7,9,18H,2-3,8H2,1H3,(H,16,17). The Morgan fingerprint density at radius 1 is 1.42 bits per heavy atom. The number of pyridine rings is 1. The molecule has 0 unspecified atom stereocenters. The number of rotatable bonds is 5. The quantitative estimate of drug-likeness (QED) is 0.491. The van der Waals surface area contributed by atoms with E-state index < -0.39 is 5.91 Å². The van der Waals surface area contributed by atoms with Crippen LogP contribution < -0.4 is 10.2 Å². The number of amides is 1. The molecule has 5 heteroatoms. The normalized spacial score (nSPS) is 10.4. The first kappa shape index (κ1) is 13.3. The molecule has 1 aromatic carbocycles. The van der Waals surface area contributed by atoms with Gasteiger partial charge in [0.25, 0.3) is 0 Å². The van der Waals surface area contributed by atoms with E-state index in [4.69, 9.17) is 9.94 Å². The number of benzene rings is 1. The van der Waals surface area contributed by atoms with E-state index in [0.717, 1.165) is 22.2 Å². The maximum absolute atomic E-state index is 10.8. The zero-order valence-electron chi connectivity index (χ0n) is 10.7. The van der Waals surface area contributed by atoms with Crippen molar-refractivity contribution in [2.75, 3.05) is 6.61 Å². The molecule has 1 heterocycles. The number of nitrogens with one attached hydrogen (secondary N) is 1. The number of carbonyl (C=O) groups is 1. The van der Waals surface area contributed by atoms with Gasteiger partial charge in [-0.25, -0.2) is 5.48 Å².